The molecule has 0 aromatic carbocycles. The van der Waals surface area contributed by atoms with Crippen LogP contribution in [0.15, 0.2) is 0 Å². The van der Waals surface area contributed by atoms with E-state index in [2.05, 4.69) is 20.4 Å². The molecule has 0 saturated carbocycles. The zero-order valence-corrected chi connectivity index (χ0v) is 13.3. The third kappa shape index (κ3) is 8.29. The number of likely N-dealkylation sites (N-methyl/N-ethyl adjacent to an activating group) is 1. The third-order valence-corrected chi connectivity index (χ3v) is 2.81. The first-order valence-electron chi connectivity index (χ1n) is 7.10. The molecule has 0 aliphatic rings. The molecule has 0 spiro atoms. The minimum atomic E-state index is -0.826. The molecule has 0 heterocycles. The van der Waals surface area contributed by atoms with Crippen LogP contribution in [0.25, 0.3) is 0 Å². The SMILES string of the molecule is CNC(CC(C)C)C(=O)OOC(=O)C(CC(C)C)NC=O. The number of carbonyl (C=O) groups excluding carboxylic acids is 3. The van der Waals surface area contributed by atoms with Gasteiger partial charge in [0.25, 0.3) is 0 Å². The molecule has 0 bridgehead atoms. The number of carbonyl (C=O) groups is 3. The molecule has 0 fully saturated rings. The Balaban J connectivity index is 4.42. The average Bonchev–Trinajstić information content (AvgIpc) is 2.40. The summed E-state index contributed by atoms with van der Waals surface area (Å²) in [6, 6.07) is -1.37. The van der Waals surface area contributed by atoms with E-state index in [4.69, 9.17) is 0 Å². The van der Waals surface area contributed by atoms with Crippen LogP contribution in [-0.2, 0) is 24.2 Å². The second-order valence-corrected chi connectivity index (χ2v) is 5.74. The fourth-order valence-electron chi connectivity index (χ4n) is 1.79. The summed E-state index contributed by atoms with van der Waals surface area (Å²) in [5.41, 5.74) is 0. The normalized spacial score (nSPS) is 13.7. The minimum Gasteiger partial charge on any atom is -0.345 e. The molecule has 1 amide bonds. The summed E-state index contributed by atoms with van der Waals surface area (Å²) in [5.74, 6) is -0.981. The molecule has 0 aromatic heterocycles. The molecule has 122 valence electrons. The molecule has 7 nitrogen and oxygen atoms in total. The second kappa shape index (κ2) is 10.1. The topological polar surface area (TPSA) is 93.7 Å². The number of amides is 1. The summed E-state index contributed by atoms with van der Waals surface area (Å²) in [7, 11) is 1.63. The molecule has 0 rings (SSSR count). The minimum absolute atomic E-state index is 0.177. The van der Waals surface area contributed by atoms with Gasteiger partial charge in [-0.1, -0.05) is 27.7 Å². The summed E-state index contributed by atoms with van der Waals surface area (Å²) in [6.45, 7) is 7.74. The highest BCUT2D eigenvalue weighted by atomic mass is 17.2. The van der Waals surface area contributed by atoms with E-state index in [-0.39, 0.29) is 11.8 Å². The van der Waals surface area contributed by atoms with Crippen molar-refractivity contribution in [3.05, 3.63) is 0 Å². The Labute approximate surface area is 125 Å². The molecule has 7 heteroatoms. The van der Waals surface area contributed by atoms with Crippen molar-refractivity contribution in [2.75, 3.05) is 7.05 Å². The molecule has 21 heavy (non-hydrogen) atoms. The average molecular weight is 302 g/mol. The summed E-state index contributed by atoms with van der Waals surface area (Å²) < 4.78 is 0. The Kier molecular flexibility index (Phi) is 9.36. The van der Waals surface area contributed by atoms with Gasteiger partial charge in [0.2, 0.25) is 6.41 Å². The van der Waals surface area contributed by atoms with Gasteiger partial charge in [-0.3, -0.25) is 4.79 Å². The molecular weight excluding hydrogens is 276 g/mol. The van der Waals surface area contributed by atoms with Gasteiger partial charge in [-0.15, -0.1) is 0 Å². The number of nitrogens with one attached hydrogen (secondary N) is 2. The van der Waals surface area contributed by atoms with E-state index < -0.39 is 24.0 Å². The van der Waals surface area contributed by atoms with Gasteiger partial charge < -0.3 is 10.6 Å². The van der Waals surface area contributed by atoms with Crippen LogP contribution in [-0.4, -0.2) is 37.5 Å². The molecule has 2 atom stereocenters. The summed E-state index contributed by atoms with van der Waals surface area (Å²) in [4.78, 5) is 43.1. The van der Waals surface area contributed by atoms with Crippen LogP contribution in [0.2, 0.25) is 0 Å². The van der Waals surface area contributed by atoms with Crippen molar-refractivity contribution < 1.29 is 24.2 Å². The largest absolute Gasteiger partial charge is 0.377 e. The maximum atomic E-state index is 11.8. The maximum Gasteiger partial charge on any atom is 0.377 e. The van der Waals surface area contributed by atoms with Crippen molar-refractivity contribution in [1.29, 1.82) is 0 Å². The number of hydrogen-bond donors (Lipinski definition) is 2. The summed E-state index contributed by atoms with van der Waals surface area (Å²) in [5, 5.41) is 5.16. The predicted octanol–water partition coefficient (Wildman–Crippen LogP) is 0.783. The lowest BCUT2D eigenvalue weighted by Crippen LogP contribution is -2.41. The monoisotopic (exact) mass is 302 g/mol. The Morgan fingerprint density at radius 3 is 1.76 bits per heavy atom. The molecule has 0 aliphatic carbocycles. The van der Waals surface area contributed by atoms with E-state index in [9.17, 15) is 14.4 Å². The molecule has 2 N–H and O–H groups in total. The van der Waals surface area contributed by atoms with Gasteiger partial charge in [-0.05, 0) is 31.7 Å². The number of rotatable bonds is 9. The highest BCUT2D eigenvalue weighted by Gasteiger charge is 2.26. The van der Waals surface area contributed by atoms with Crippen molar-refractivity contribution in [2.24, 2.45) is 11.8 Å². The van der Waals surface area contributed by atoms with Gasteiger partial charge in [-0.25, -0.2) is 19.4 Å². The number of hydrogen-bond acceptors (Lipinski definition) is 6. The molecule has 2 unspecified atom stereocenters. The standard InChI is InChI=1S/C14H26N2O5/c1-9(2)6-11(15-5)13(18)20-21-14(19)12(16-8-17)7-10(3)4/h8-12,15H,6-7H2,1-5H3,(H,16,17). The van der Waals surface area contributed by atoms with Crippen LogP contribution in [0.4, 0.5) is 0 Å². The van der Waals surface area contributed by atoms with Gasteiger partial charge >= 0.3 is 11.9 Å². The van der Waals surface area contributed by atoms with Gasteiger partial charge in [0.1, 0.15) is 12.1 Å². The quantitative estimate of drug-likeness (QED) is 0.371. The molecule has 0 aliphatic heterocycles. The van der Waals surface area contributed by atoms with Crippen LogP contribution in [0.3, 0.4) is 0 Å². The Hall–Kier alpha value is -1.63. The van der Waals surface area contributed by atoms with Crippen molar-refractivity contribution in [3.8, 4) is 0 Å². The van der Waals surface area contributed by atoms with Crippen LogP contribution in [0, 0.1) is 11.8 Å². The van der Waals surface area contributed by atoms with Crippen molar-refractivity contribution in [2.45, 2.75) is 52.6 Å². The lowest BCUT2D eigenvalue weighted by Gasteiger charge is -2.18. The first-order chi connectivity index (χ1) is 9.81. The Morgan fingerprint density at radius 1 is 0.952 bits per heavy atom. The predicted molar refractivity (Wildman–Crippen MR) is 76.9 cm³/mol. The van der Waals surface area contributed by atoms with Gasteiger partial charge in [-0.2, -0.15) is 0 Å². The van der Waals surface area contributed by atoms with Gasteiger partial charge in [0.15, 0.2) is 0 Å². The smallest absolute Gasteiger partial charge is 0.345 e. The lowest BCUT2D eigenvalue weighted by atomic mass is 10.0. The van der Waals surface area contributed by atoms with E-state index in [0.29, 0.717) is 19.3 Å². The zero-order valence-electron chi connectivity index (χ0n) is 13.3. The van der Waals surface area contributed by atoms with E-state index in [1.165, 1.54) is 0 Å². The fourth-order valence-corrected chi connectivity index (χ4v) is 1.79. The van der Waals surface area contributed by atoms with Crippen LogP contribution in [0.5, 0.6) is 0 Å². The van der Waals surface area contributed by atoms with Gasteiger partial charge in [0, 0.05) is 0 Å². The van der Waals surface area contributed by atoms with Crippen LogP contribution >= 0.6 is 0 Å². The van der Waals surface area contributed by atoms with Crippen LogP contribution < -0.4 is 10.6 Å². The highest BCUT2D eigenvalue weighted by Crippen LogP contribution is 2.08. The first kappa shape index (κ1) is 19.4. The van der Waals surface area contributed by atoms with Crippen LogP contribution in [0.1, 0.15) is 40.5 Å². The Morgan fingerprint density at radius 2 is 1.38 bits per heavy atom. The third-order valence-electron chi connectivity index (χ3n) is 2.81. The molecule has 0 aromatic rings. The zero-order chi connectivity index (χ0) is 16.4. The Bertz CT molecular complexity index is 344. The fraction of sp³-hybridized carbons (Fsp3) is 0.786. The van der Waals surface area contributed by atoms with Crippen molar-refractivity contribution in [3.63, 3.8) is 0 Å². The summed E-state index contributed by atoms with van der Waals surface area (Å²) in [6.07, 6.45) is 1.39. The van der Waals surface area contributed by atoms with Crippen molar-refractivity contribution in [1.82, 2.24) is 10.6 Å². The van der Waals surface area contributed by atoms with Crippen molar-refractivity contribution >= 4 is 18.3 Å². The molecular formula is C14H26N2O5. The van der Waals surface area contributed by atoms with Gasteiger partial charge in [0.05, 0.1) is 0 Å². The second-order valence-electron chi connectivity index (χ2n) is 5.74. The van der Waals surface area contributed by atoms with E-state index in [0.717, 1.165) is 0 Å². The molecule has 0 saturated heterocycles. The van der Waals surface area contributed by atoms with E-state index in [1.54, 1.807) is 7.05 Å². The molecule has 0 radical (unpaired) electrons. The first-order valence-corrected chi connectivity index (χ1v) is 7.10. The maximum absolute atomic E-state index is 11.8. The highest BCUT2D eigenvalue weighted by molar-refractivity contribution is 5.80. The van der Waals surface area contributed by atoms with E-state index in [1.807, 2.05) is 27.7 Å². The summed E-state index contributed by atoms with van der Waals surface area (Å²) >= 11 is 0. The van der Waals surface area contributed by atoms with E-state index >= 15 is 0 Å². The lowest BCUT2D eigenvalue weighted by molar-refractivity contribution is -0.262.